The highest BCUT2D eigenvalue weighted by atomic mass is 35.5. The normalized spacial score (nSPS) is 14.3. The number of halogens is 1. The van der Waals surface area contributed by atoms with Crippen LogP contribution in [0.2, 0.25) is 5.02 Å². The molecule has 0 amide bonds. The van der Waals surface area contributed by atoms with Gasteiger partial charge in [0.05, 0.1) is 12.2 Å². The Balaban J connectivity index is 1.68. The van der Waals surface area contributed by atoms with E-state index >= 15 is 0 Å². The Labute approximate surface area is 116 Å². The third-order valence-electron chi connectivity index (χ3n) is 3.16. The summed E-state index contributed by atoms with van der Waals surface area (Å²) in [4.78, 5) is 6.20. The van der Waals surface area contributed by atoms with E-state index < -0.39 is 0 Å². The number of anilines is 1. The zero-order chi connectivity index (χ0) is 12.4. The number of rotatable bonds is 3. The van der Waals surface area contributed by atoms with Gasteiger partial charge in [-0.15, -0.1) is 11.3 Å². The van der Waals surface area contributed by atoms with E-state index in [-0.39, 0.29) is 0 Å². The molecule has 0 unspecified atom stereocenters. The average molecular weight is 279 g/mol. The van der Waals surface area contributed by atoms with Gasteiger partial charge in [-0.2, -0.15) is 0 Å². The Morgan fingerprint density at radius 3 is 3.00 bits per heavy atom. The van der Waals surface area contributed by atoms with E-state index in [1.165, 1.54) is 34.8 Å². The van der Waals surface area contributed by atoms with Crippen molar-refractivity contribution in [3.05, 3.63) is 44.9 Å². The van der Waals surface area contributed by atoms with E-state index in [2.05, 4.69) is 5.32 Å². The Morgan fingerprint density at radius 2 is 2.17 bits per heavy atom. The predicted octanol–water partition coefficient (Wildman–Crippen LogP) is 4.29. The molecule has 1 heterocycles. The molecule has 2 aromatic rings. The third kappa shape index (κ3) is 2.68. The summed E-state index contributed by atoms with van der Waals surface area (Å²) < 4.78 is 0. The van der Waals surface area contributed by atoms with Crippen LogP contribution in [0.15, 0.2) is 24.3 Å². The van der Waals surface area contributed by atoms with Crippen molar-refractivity contribution in [2.24, 2.45) is 0 Å². The van der Waals surface area contributed by atoms with Crippen molar-refractivity contribution in [3.63, 3.8) is 0 Å². The largest absolute Gasteiger partial charge is 0.378 e. The first-order chi connectivity index (χ1) is 8.81. The average Bonchev–Trinajstić information content (AvgIpc) is 2.79. The first-order valence-corrected chi connectivity index (χ1v) is 7.47. The van der Waals surface area contributed by atoms with Gasteiger partial charge in [-0.3, -0.25) is 0 Å². The van der Waals surface area contributed by atoms with Gasteiger partial charge in [0, 0.05) is 15.6 Å². The molecule has 1 aromatic carbocycles. The molecule has 4 heteroatoms. The number of nitrogens with one attached hydrogen (secondary N) is 1. The van der Waals surface area contributed by atoms with Crippen LogP contribution in [0.4, 0.5) is 5.69 Å². The Bertz CT molecular complexity index is 527. The van der Waals surface area contributed by atoms with Crippen molar-refractivity contribution in [2.75, 3.05) is 5.32 Å². The van der Waals surface area contributed by atoms with E-state index in [4.69, 9.17) is 16.6 Å². The lowest BCUT2D eigenvalue weighted by Crippen LogP contribution is -2.00. The molecule has 1 aromatic heterocycles. The van der Waals surface area contributed by atoms with E-state index in [9.17, 15) is 0 Å². The maximum atomic E-state index is 5.96. The molecule has 0 saturated heterocycles. The zero-order valence-corrected chi connectivity index (χ0v) is 11.7. The Morgan fingerprint density at radius 1 is 1.28 bits per heavy atom. The summed E-state index contributed by atoms with van der Waals surface area (Å²) >= 11 is 7.81. The van der Waals surface area contributed by atoms with Crippen LogP contribution in [0, 0.1) is 0 Å². The Hall–Kier alpha value is -1.06. The molecule has 0 saturated carbocycles. The number of aromatic nitrogens is 1. The van der Waals surface area contributed by atoms with Crippen molar-refractivity contribution in [2.45, 2.75) is 32.2 Å². The summed E-state index contributed by atoms with van der Waals surface area (Å²) in [5.41, 5.74) is 2.38. The SMILES string of the molecule is Clc1cccc(NCc2nc3c(s2)CCCC3)c1. The third-order valence-corrected chi connectivity index (χ3v) is 4.55. The lowest BCUT2D eigenvalue weighted by Gasteiger charge is -2.06. The number of nitrogens with zero attached hydrogens (tertiary/aromatic N) is 1. The maximum Gasteiger partial charge on any atom is 0.112 e. The van der Waals surface area contributed by atoms with Crippen molar-refractivity contribution in [3.8, 4) is 0 Å². The summed E-state index contributed by atoms with van der Waals surface area (Å²) in [6.07, 6.45) is 4.97. The van der Waals surface area contributed by atoms with E-state index in [0.29, 0.717) is 0 Å². The number of hydrogen-bond donors (Lipinski definition) is 1. The number of hydrogen-bond acceptors (Lipinski definition) is 3. The first-order valence-electron chi connectivity index (χ1n) is 6.28. The molecule has 2 nitrogen and oxygen atoms in total. The second kappa shape index (κ2) is 5.29. The molecule has 1 aliphatic rings. The van der Waals surface area contributed by atoms with Gasteiger partial charge in [-0.25, -0.2) is 4.98 Å². The molecule has 0 radical (unpaired) electrons. The van der Waals surface area contributed by atoms with Gasteiger partial charge >= 0.3 is 0 Å². The van der Waals surface area contributed by atoms with E-state index in [0.717, 1.165) is 23.7 Å². The van der Waals surface area contributed by atoms with Gasteiger partial charge < -0.3 is 5.32 Å². The van der Waals surface area contributed by atoms with Crippen LogP contribution in [0.25, 0.3) is 0 Å². The van der Waals surface area contributed by atoms with Crippen LogP contribution in [-0.4, -0.2) is 4.98 Å². The molecule has 0 aliphatic heterocycles. The van der Waals surface area contributed by atoms with Gasteiger partial charge in [0.15, 0.2) is 0 Å². The summed E-state index contributed by atoms with van der Waals surface area (Å²) in [7, 11) is 0. The summed E-state index contributed by atoms with van der Waals surface area (Å²) in [5.74, 6) is 0. The van der Waals surface area contributed by atoms with Crippen molar-refractivity contribution in [1.82, 2.24) is 4.98 Å². The molecule has 18 heavy (non-hydrogen) atoms. The Kier molecular flexibility index (Phi) is 3.52. The standard InChI is InChI=1S/C14H15ClN2S/c15-10-4-3-5-11(8-10)16-9-14-17-12-6-1-2-7-13(12)18-14/h3-5,8,16H,1-2,6-7,9H2. The monoisotopic (exact) mass is 278 g/mol. The molecule has 94 valence electrons. The van der Waals surface area contributed by atoms with Gasteiger partial charge in [0.1, 0.15) is 5.01 Å². The molecule has 0 atom stereocenters. The smallest absolute Gasteiger partial charge is 0.112 e. The summed E-state index contributed by atoms with van der Waals surface area (Å²) in [6, 6.07) is 7.81. The van der Waals surface area contributed by atoms with Gasteiger partial charge in [-0.1, -0.05) is 17.7 Å². The predicted molar refractivity (Wildman–Crippen MR) is 77.5 cm³/mol. The molecular weight excluding hydrogens is 264 g/mol. The molecule has 0 fully saturated rings. The number of aryl methyl sites for hydroxylation is 2. The molecule has 1 aliphatic carbocycles. The highest BCUT2D eigenvalue weighted by molar-refractivity contribution is 7.11. The van der Waals surface area contributed by atoms with Crippen molar-refractivity contribution < 1.29 is 0 Å². The van der Waals surface area contributed by atoms with Crippen LogP contribution >= 0.6 is 22.9 Å². The second-order valence-corrected chi connectivity index (χ2v) is 6.15. The van der Waals surface area contributed by atoms with Crippen LogP contribution < -0.4 is 5.32 Å². The van der Waals surface area contributed by atoms with Crippen molar-refractivity contribution in [1.29, 1.82) is 0 Å². The molecular formula is C14H15ClN2S. The number of benzene rings is 1. The highest BCUT2D eigenvalue weighted by Gasteiger charge is 2.14. The van der Waals surface area contributed by atoms with Crippen LogP contribution in [0.3, 0.4) is 0 Å². The lowest BCUT2D eigenvalue weighted by molar-refractivity contribution is 0.681. The second-order valence-electron chi connectivity index (χ2n) is 4.55. The fraction of sp³-hybridized carbons (Fsp3) is 0.357. The first kappa shape index (κ1) is 12.0. The van der Waals surface area contributed by atoms with Crippen LogP contribution in [-0.2, 0) is 19.4 Å². The minimum Gasteiger partial charge on any atom is -0.378 e. The topological polar surface area (TPSA) is 24.9 Å². The quantitative estimate of drug-likeness (QED) is 0.906. The van der Waals surface area contributed by atoms with Gasteiger partial charge in [-0.05, 0) is 43.9 Å². The van der Waals surface area contributed by atoms with Gasteiger partial charge in [0.2, 0.25) is 0 Å². The lowest BCUT2D eigenvalue weighted by atomic mass is 10.0. The van der Waals surface area contributed by atoms with Crippen LogP contribution in [0.5, 0.6) is 0 Å². The van der Waals surface area contributed by atoms with Gasteiger partial charge in [0.25, 0.3) is 0 Å². The fourth-order valence-corrected chi connectivity index (χ4v) is 3.54. The summed E-state index contributed by atoms with van der Waals surface area (Å²) in [6.45, 7) is 0.790. The van der Waals surface area contributed by atoms with E-state index in [1.807, 2.05) is 35.6 Å². The number of thiazole rings is 1. The summed E-state index contributed by atoms with van der Waals surface area (Å²) in [5, 5.41) is 5.32. The molecule has 1 N–H and O–H groups in total. The molecule has 0 spiro atoms. The minimum absolute atomic E-state index is 0.762. The van der Waals surface area contributed by atoms with Crippen LogP contribution in [0.1, 0.15) is 28.4 Å². The minimum atomic E-state index is 0.762. The number of fused-ring (bicyclic) bond motifs is 1. The molecule has 0 bridgehead atoms. The van der Waals surface area contributed by atoms with Crippen molar-refractivity contribution >= 4 is 28.6 Å². The highest BCUT2D eigenvalue weighted by Crippen LogP contribution is 2.27. The molecule has 3 rings (SSSR count). The fourth-order valence-electron chi connectivity index (χ4n) is 2.26. The maximum absolute atomic E-state index is 5.96. The zero-order valence-electron chi connectivity index (χ0n) is 10.1. The van der Waals surface area contributed by atoms with E-state index in [1.54, 1.807) is 0 Å².